The van der Waals surface area contributed by atoms with E-state index in [1.807, 2.05) is 0 Å². The minimum absolute atomic E-state index is 0.254. The molecule has 0 radical (unpaired) electrons. The van der Waals surface area contributed by atoms with Gasteiger partial charge in [0.25, 0.3) is 5.91 Å². The molecule has 5 nitrogen and oxygen atoms in total. The van der Waals surface area contributed by atoms with Gasteiger partial charge in [-0.15, -0.1) is 0 Å². The lowest BCUT2D eigenvalue weighted by atomic mass is 10.2. The van der Waals surface area contributed by atoms with Gasteiger partial charge in [0.05, 0.1) is 16.9 Å². The fourth-order valence-electron chi connectivity index (χ4n) is 2.00. The van der Waals surface area contributed by atoms with Crippen LogP contribution in [-0.4, -0.2) is 20.7 Å². The van der Waals surface area contributed by atoms with E-state index in [4.69, 9.17) is 0 Å². The van der Waals surface area contributed by atoms with Crippen molar-refractivity contribution < 1.29 is 13.6 Å². The zero-order valence-corrected chi connectivity index (χ0v) is 13.1. The predicted molar refractivity (Wildman–Crippen MR) is 83.4 cm³/mol. The van der Waals surface area contributed by atoms with Crippen LogP contribution in [0.15, 0.2) is 53.5 Å². The Balaban J connectivity index is 1.96. The fraction of sp³-hybridized carbons (Fsp3) is 0. The quantitative estimate of drug-likeness (QED) is 0.757. The van der Waals surface area contributed by atoms with Crippen molar-refractivity contribution in [2.24, 2.45) is 0 Å². The van der Waals surface area contributed by atoms with E-state index in [0.717, 1.165) is 16.6 Å². The Kier molecular flexibility index (Phi) is 4.16. The Morgan fingerprint density at radius 2 is 2.00 bits per heavy atom. The van der Waals surface area contributed by atoms with Gasteiger partial charge in [-0.25, -0.2) is 18.4 Å². The van der Waals surface area contributed by atoms with Crippen LogP contribution in [-0.2, 0) is 0 Å². The number of carbonyl (C=O) groups excluding carboxylic acids is 1. The van der Waals surface area contributed by atoms with E-state index in [-0.39, 0.29) is 5.56 Å². The van der Waals surface area contributed by atoms with Crippen LogP contribution in [0.3, 0.4) is 0 Å². The van der Waals surface area contributed by atoms with Gasteiger partial charge in [0.15, 0.2) is 0 Å². The van der Waals surface area contributed by atoms with Gasteiger partial charge in [-0.1, -0.05) is 15.9 Å². The Morgan fingerprint density at radius 1 is 1.17 bits per heavy atom. The highest BCUT2D eigenvalue weighted by Crippen LogP contribution is 2.25. The second-order valence-electron chi connectivity index (χ2n) is 4.58. The van der Waals surface area contributed by atoms with E-state index < -0.39 is 17.5 Å². The first-order chi connectivity index (χ1) is 11.0. The van der Waals surface area contributed by atoms with Crippen LogP contribution in [0, 0.1) is 11.6 Å². The largest absolute Gasteiger partial charge is 0.320 e. The molecular weight excluding hydrogens is 370 g/mol. The first-order valence-electron chi connectivity index (χ1n) is 6.45. The number of hydrogen-bond donors (Lipinski definition) is 1. The maximum Gasteiger partial charge on any atom is 0.258 e. The van der Waals surface area contributed by atoms with E-state index in [1.54, 1.807) is 18.2 Å². The van der Waals surface area contributed by atoms with Crippen LogP contribution in [0.5, 0.6) is 0 Å². The molecule has 8 heteroatoms. The number of nitrogens with one attached hydrogen (secondary N) is 1. The van der Waals surface area contributed by atoms with Crippen molar-refractivity contribution in [1.29, 1.82) is 0 Å². The number of amides is 1. The standard InChI is InChI=1S/C15H9BrF2N4O/c16-9-1-4-14(22-8-19-7-20-22)13(5-9)21-15(23)11-3-2-10(17)6-12(11)18/h1-8H,(H,21,23). The molecule has 0 spiro atoms. The second kappa shape index (κ2) is 6.25. The molecule has 1 amide bonds. The molecule has 1 aromatic heterocycles. The minimum atomic E-state index is -0.931. The maximum atomic E-state index is 13.7. The number of benzene rings is 2. The van der Waals surface area contributed by atoms with Crippen LogP contribution in [0.1, 0.15) is 10.4 Å². The van der Waals surface area contributed by atoms with E-state index in [2.05, 4.69) is 31.3 Å². The van der Waals surface area contributed by atoms with Gasteiger partial charge >= 0.3 is 0 Å². The van der Waals surface area contributed by atoms with Gasteiger partial charge in [0.2, 0.25) is 0 Å². The smallest absolute Gasteiger partial charge is 0.258 e. The van der Waals surface area contributed by atoms with Crippen LogP contribution < -0.4 is 5.32 Å². The molecule has 3 aromatic rings. The monoisotopic (exact) mass is 378 g/mol. The topological polar surface area (TPSA) is 59.8 Å². The molecule has 0 aliphatic heterocycles. The molecule has 0 fully saturated rings. The zero-order chi connectivity index (χ0) is 16.4. The molecule has 0 bridgehead atoms. The average molecular weight is 379 g/mol. The van der Waals surface area contributed by atoms with Gasteiger partial charge in [-0.05, 0) is 30.3 Å². The van der Waals surface area contributed by atoms with Crippen LogP contribution in [0.4, 0.5) is 14.5 Å². The predicted octanol–water partition coefficient (Wildman–Crippen LogP) is 3.56. The number of hydrogen-bond acceptors (Lipinski definition) is 3. The van der Waals surface area contributed by atoms with Gasteiger partial charge in [0.1, 0.15) is 24.3 Å². The first-order valence-corrected chi connectivity index (χ1v) is 7.25. The highest BCUT2D eigenvalue weighted by atomic mass is 79.9. The fourth-order valence-corrected chi connectivity index (χ4v) is 2.37. The van der Waals surface area contributed by atoms with Crippen molar-refractivity contribution in [3.05, 3.63) is 70.7 Å². The van der Waals surface area contributed by atoms with E-state index in [0.29, 0.717) is 17.4 Å². The highest BCUT2D eigenvalue weighted by molar-refractivity contribution is 9.10. The summed E-state index contributed by atoms with van der Waals surface area (Å²) in [6, 6.07) is 7.91. The maximum absolute atomic E-state index is 13.7. The van der Waals surface area contributed by atoms with E-state index in [9.17, 15) is 13.6 Å². The number of carbonyl (C=O) groups is 1. The van der Waals surface area contributed by atoms with Crippen molar-refractivity contribution in [2.75, 3.05) is 5.32 Å². The van der Waals surface area contributed by atoms with Gasteiger partial charge in [-0.2, -0.15) is 5.10 Å². The molecule has 0 aliphatic carbocycles. The second-order valence-corrected chi connectivity index (χ2v) is 5.50. The molecule has 116 valence electrons. The van der Waals surface area contributed by atoms with Crippen molar-refractivity contribution in [3.8, 4) is 5.69 Å². The summed E-state index contributed by atoms with van der Waals surface area (Å²) < 4.78 is 28.8. The summed E-state index contributed by atoms with van der Waals surface area (Å²) in [4.78, 5) is 16.1. The molecule has 0 saturated heterocycles. The Morgan fingerprint density at radius 3 is 2.70 bits per heavy atom. The molecule has 0 saturated carbocycles. The van der Waals surface area contributed by atoms with Gasteiger partial charge < -0.3 is 5.32 Å². The number of aromatic nitrogens is 3. The van der Waals surface area contributed by atoms with Gasteiger partial charge in [-0.3, -0.25) is 4.79 Å². The summed E-state index contributed by atoms with van der Waals surface area (Å²) in [6.45, 7) is 0. The molecule has 0 atom stereocenters. The lowest BCUT2D eigenvalue weighted by Gasteiger charge is -2.12. The third kappa shape index (κ3) is 3.26. The van der Waals surface area contributed by atoms with Crippen molar-refractivity contribution in [3.63, 3.8) is 0 Å². The average Bonchev–Trinajstić information content (AvgIpc) is 3.01. The Bertz CT molecular complexity index is 868. The molecule has 3 rings (SSSR count). The molecule has 0 aliphatic rings. The molecule has 1 heterocycles. The normalized spacial score (nSPS) is 10.6. The molecule has 1 N–H and O–H groups in total. The number of anilines is 1. The third-order valence-electron chi connectivity index (χ3n) is 3.05. The Labute approximate surface area is 138 Å². The SMILES string of the molecule is O=C(Nc1cc(Br)ccc1-n1cncn1)c1ccc(F)cc1F. The number of nitrogens with zero attached hydrogens (tertiary/aromatic N) is 3. The van der Waals surface area contributed by atoms with Crippen LogP contribution in [0.25, 0.3) is 5.69 Å². The highest BCUT2D eigenvalue weighted by Gasteiger charge is 2.15. The van der Waals surface area contributed by atoms with Crippen molar-refractivity contribution in [2.45, 2.75) is 0 Å². The first kappa shape index (κ1) is 15.3. The minimum Gasteiger partial charge on any atom is -0.320 e. The summed E-state index contributed by atoms with van der Waals surface area (Å²) in [5.74, 6) is -2.37. The Hall–Kier alpha value is -2.61. The third-order valence-corrected chi connectivity index (χ3v) is 3.54. The number of rotatable bonds is 3. The van der Waals surface area contributed by atoms with Crippen molar-refractivity contribution >= 4 is 27.5 Å². The zero-order valence-electron chi connectivity index (χ0n) is 11.5. The molecule has 0 unspecified atom stereocenters. The summed E-state index contributed by atoms with van der Waals surface area (Å²) >= 11 is 3.31. The van der Waals surface area contributed by atoms with Crippen LogP contribution >= 0.6 is 15.9 Å². The van der Waals surface area contributed by atoms with E-state index >= 15 is 0 Å². The summed E-state index contributed by atoms with van der Waals surface area (Å²) in [7, 11) is 0. The number of halogens is 3. The summed E-state index contributed by atoms with van der Waals surface area (Å²) in [5.41, 5.74) is 0.705. The molecule has 23 heavy (non-hydrogen) atoms. The summed E-state index contributed by atoms with van der Waals surface area (Å²) in [5, 5.41) is 6.60. The van der Waals surface area contributed by atoms with Crippen LogP contribution in [0.2, 0.25) is 0 Å². The van der Waals surface area contributed by atoms with E-state index in [1.165, 1.54) is 17.3 Å². The molecule has 2 aromatic carbocycles. The van der Waals surface area contributed by atoms with Crippen molar-refractivity contribution in [1.82, 2.24) is 14.8 Å². The summed E-state index contributed by atoms with van der Waals surface area (Å²) in [6.07, 6.45) is 2.82. The van der Waals surface area contributed by atoms with Gasteiger partial charge in [0, 0.05) is 10.5 Å². The lowest BCUT2D eigenvalue weighted by Crippen LogP contribution is -2.15. The lowest BCUT2D eigenvalue weighted by molar-refractivity contribution is 0.102. The molecular formula is C15H9BrF2N4O.